The fourth-order valence-corrected chi connectivity index (χ4v) is 1.21. The third-order valence-corrected chi connectivity index (χ3v) is 1.84. The van der Waals surface area contributed by atoms with Crippen molar-refractivity contribution in [3.8, 4) is 0 Å². The molecule has 0 aromatic rings. The van der Waals surface area contributed by atoms with Crippen molar-refractivity contribution >= 4 is 15.9 Å². The molecule has 74 valence electrons. The maximum Gasteiger partial charge on any atom is 0.157 e. The summed E-state index contributed by atoms with van der Waals surface area (Å²) in [5.41, 5.74) is 0. The van der Waals surface area contributed by atoms with Gasteiger partial charge in [-0.3, -0.25) is 0 Å². The minimum Gasteiger partial charge on any atom is -0.353 e. The minimum atomic E-state index is 0.0753. The molecule has 2 nitrogen and oxygen atoms in total. The Morgan fingerprint density at radius 3 is 2.67 bits per heavy atom. The van der Waals surface area contributed by atoms with Crippen LogP contribution >= 0.6 is 15.9 Å². The van der Waals surface area contributed by atoms with Crippen LogP contribution in [0.25, 0.3) is 0 Å². The molecule has 1 saturated heterocycles. The maximum atomic E-state index is 5.36. The van der Waals surface area contributed by atoms with E-state index in [2.05, 4.69) is 15.9 Å². The van der Waals surface area contributed by atoms with Gasteiger partial charge in [0.2, 0.25) is 0 Å². The number of alkyl halides is 1. The molecule has 1 aliphatic rings. The van der Waals surface area contributed by atoms with Gasteiger partial charge < -0.3 is 9.47 Å². The van der Waals surface area contributed by atoms with E-state index in [1.165, 1.54) is 12.8 Å². The van der Waals surface area contributed by atoms with Crippen molar-refractivity contribution in [3.05, 3.63) is 0 Å². The van der Waals surface area contributed by atoms with E-state index < -0.39 is 0 Å². The van der Waals surface area contributed by atoms with Crippen LogP contribution < -0.4 is 0 Å². The predicted molar refractivity (Wildman–Crippen MR) is 54.7 cm³/mol. The van der Waals surface area contributed by atoms with Crippen molar-refractivity contribution in [1.82, 2.24) is 0 Å². The van der Waals surface area contributed by atoms with Crippen LogP contribution in [-0.2, 0) is 9.47 Å². The zero-order valence-corrected chi connectivity index (χ0v) is 9.60. The first-order chi connectivity index (χ1) is 5.93. The van der Waals surface area contributed by atoms with Gasteiger partial charge in [-0.1, -0.05) is 29.8 Å². The average Bonchev–Trinajstić information content (AvgIpc) is 2.19. The highest BCUT2D eigenvalue weighted by Crippen LogP contribution is 2.13. The molecular formula is C9H19BrO2. The molecule has 0 aromatic carbocycles. The number of hydrogen-bond acceptors (Lipinski definition) is 2. The van der Waals surface area contributed by atoms with Crippen molar-refractivity contribution < 1.29 is 9.47 Å². The molecule has 0 bridgehead atoms. The molecule has 3 heteroatoms. The SMILES string of the molecule is BrCCOC1CCCCO1.CC. The standard InChI is InChI=1S/C7H13BrO2.C2H6/c8-4-6-10-7-3-1-2-5-9-7;1-2/h7H,1-6H2;1-2H3. The van der Waals surface area contributed by atoms with E-state index >= 15 is 0 Å². The first-order valence-corrected chi connectivity index (χ1v) is 5.85. The lowest BCUT2D eigenvalue weighted by Gasteiger charge is -2.22. The zero-order valence-electron chi connectivity index (χ0n) is 8.01. The topological polar surface area (TPSA) is 18.5 Å². The van der Waals surface area contributed by atoms with Gasteiger partial charge in [0.25, 0.3) is 0 Å². The van der Waals surface area contributed by atoms with Crippen LogP contribution in [0.15, 0.2) is 0 Å². The Morgan fingerprint density at radius 1 is 1.42 bits per heavy atom. The first kappa shape index (κ1) is 12.4. The van der Waals surface area contributed by atoms with Crippen molar-refractivity contribution in [2.45, 2.75) is 39.4 Å². The third-order valence-electron chi connectivity index (χ3n) is 1.52. The highest BCUT2D eigenvalue weighted by molar-refractivity contribution is 9.09. The van der Waals surface area contributed by atoms with E-state index in [4.69, 9.17) is 9.47 Å². The maximum absolute atomic E-state index is 5.36. The Bertz CT molecular complexity index is 82.6. The Labute approximate surface area is 83.8 Å². The fourth-order valence-electron chi connectivity index (χ4n) is 1.02. The van der Waals surface area contributed by atoms with Crippen LogP contribution in [0.2, 0.25) is 0 Å². The zero-order chi connectivity index (χ0) is 9.23. The van der Waals surface area contributed by atoms with Crippen molar-refractivity contribution in [2.24, 2.45) is 0 Å². The van der Waals surface area contributed by atoms with E-state index in [0.717, 1.165) is 25.0 Å². The van der Waals surface area contributed by atoms with E-state index in [-0.39, 0.29) is 6.29 Å². The number of halogens is 1. The molecule has 0 amide bonds. The Kier molecular flexibility index (Phi) is 9.80. The molecule has 0 radical (unpaired) electrons. The summed E-state index contributed by atoms with van der Waals surface area (Å²) < 4.78 is 10.7. The van der Waals surface area contributed by atoms with Crippen LogP contribution in [0, 0.1) is 0 Å². The van der Waals surface area contributed by atoms with Gasteiger partial charge in [0.1, 0.15) is 0 Å². The van der Waals surface area contributed by atoms with Gasteiger partial charge in [-0.2, -0.15) is 0 Å². The Hall–Kier alpha value is 0.400. The molecule has 0 aliphatic carbocycles. The summed E-state index contributed by atoms with van der Waals surface area (Å²) in [4.78, 5) is 0. The van der Waals surface area contributed by atoms with Gasteiger partial charge in [-0.05, 0) is 19.3 Å². The lowest BCUT2D eigenvalue weighted by molar-refractivity contribution is -0.158. The van der Waals surface area contributed by atoms with Crippen molar-refractivity contribution in [2.75, 3.05) is 18.5 Å². The van der Waals surface area contributed by atoms with E-state index in [9.17, 15) is 0 Å². The quantitative estimate of drug-likeness (QED) is 0.705. The van der Waals surface area contributed by atoms with Gasteiger partial charge in [-0.25, -0.2) is 0 Å². The van der Waals surface area contributed by atoms with Crippen molar-refractivity contribution in [1.29, 1.82) is 0 Å². The van der Waals surface area contributed by atoms with Gasteiger partial charge >= 0.3 is 0 Å². The van der Waals surface area contributed by atoms with Gasteiger partial charge in [0.05, 0.1) is 6.61 Å². The molecule has 1 atom stereocenters. The van der Waals surface area contributed by atoms with Crippen LogP contribution in [-0.4, -0.2) is 24.8 Å². The van der Waals surface area contributed by atoms with E-state index in [0.29, 0.717) is 0 Å². The molecule has 1 fully saturated rings. The summed E-state index contributed by atoms with van der Waals surface area (Å²) in [5, 5.41) is 0.896. The first-order valence-electron chi connectivity index (χ1n) is 4.72. The number of ether oxygens (including phenoxy) is 2. The van der Waals surface area contributed by atoms with Gasteiger partial charge in [0.15, 0.2) is 6.29 Å². The summed E-state index contributed by atoms with van der Waals surface area (Å²) in [6.07, 6.45) is 3.57. The lowest BCUT2D eigenvalue weighted by Crippen LogP contribution is -2.22. The second kappa shape index (κ2) is 9.49. The van der Waals surface area contributed by atoms with Crippen LogP contribution in [0.5, 0.6) is 0 Å². The molecule has 0 saturated carbocycles. The van der Waals surface area contributed by atoms with Crippen LogP contribution in [0.1, 0.15) is 33.1 Å². The van der Waals surface area contributed by atoms with E-state index in [1.807, 2.05) is 13.8 Å². The second-order valence-corrected chi connectivity index (χ2v) is 3.15. The molecule has 1 unspecified atom stereocenters. The highest BCUT2D eigenvalue weighted by Gasteiger charge is 2.12. The molecule has 0 N–H and O–H groups in total. The monoisotopic (exact) mass is 238 g/mol. The average molecular weight is 239 g/mol. The molecule has 1 heterocycles. The molecular weight excluding hydrogens is 220 g/mol. The van der Waals surface area contributed by atoms with E-state index in [1.54, 1.807) is 0 Å². The largest absolute Gasteiger partial charge is 0.353 e. The smallest absolute Gasteiger partial charge is 0.157 e. The Morgan fingerprint density at radius 2 is 2.17 bits per heavy atom. The second-order valence-electron chi connectivity index (χ2n) is 2.36. The normalized spacial score (nSPS) is 22.8. The van der Waals surface area contributed by atoms with Gasteiger partial charge in [0, 0.05) is 11.9 Å². The summed E-state index contributed by atoms with van der Waals surface area (Å²) in [7, 11) is 0. The summed E-state index contributed by atoms with van der Waals surface area (Å²) in [6, 6.07) is 0. The minimum absolute atomic E-state index is 0.0753. The lowest BCUT2D eigenvalue weighted by atomic mass is 10.2. The van der Waals surface area contributed by atoms with Crippen molar-refractivity contribution in [3.63, 3.8) is 0 Å². The summed E-state index contributed by atoms with van der Waals surface area (Å²) >= 11 is 3.30. The van der Waals surface area contributed by atoms with Crippen LogP contribution in [0.3, 0.4) is 0 Å². The molecule has 0 aromatic heterocycles. The number of rotatable bonds is 3. The third kappa shape index (κ3) is 5.98. The molecule has 1 rings (SSSR count). The highest BCUT2D eigenvalue weighted by atomic mass is 79.9. The predicted octanol–water partition coefficient (Wildman–Crippen LogP) is 2.95. The fraction of sp³-hybridized carbons (Fsp3) is 1.00. The summed E-state index contributed by atoms with van der Waals surface area (Å²) in [5.74, 6) is 0. The Balaban J connectivity index is 0.000000561. The molecule has 0 spiro atoms. The summed E-state index contributed by atoms with van der Waals surface area (Å²) in [6.45, 7) is 5.62. The molecule has 12 heavy (non-hydrogen) atoms. The number of hydrogen-bond donors (Lipinski definition) is 0. The van der Waals surface area contributed by atoms with Gasteiger partial charge in [-0.15, -0.1) is 0 Å². The van der Waals surface area contributed by atoms with Crippen LogP contribution in [0.4, 0.5) is 0 Å². The molecule has 1 aliphatic heterocycles.